The van der Waals surface area contributed by atoms with Gasteiger partial charge in [-0.25, -0.2) is 9.78 Å². The van der Waals surface area contributed by atoms with Crippen LogP contribution in [0.5, 0.6) is 0 Å². The number of anilines is 1. The van der Waals surface area contributed by atoms with Gasteiger partial charge in [-0.15, -0.1) is 0 Å². The molecule has 0 radical (unpaired) electrons. The van der Waals surface area contributed by atoms with Crippen molar-refractivity contribution in [1.29, 1.82) is 0 Å². The summed E-state index contributed by atoms with van der Waals surface area (Å²) >= 11 is 0. The molecule has 1 aliphatic heterocycles. The third kappa shape index (κ3) is 0.810. The highest BCUT2D eigenvalue weighted by Crippen LogP contribution is 1.96. The first-order chi connectivity index (χ1) is 5.81. The maximum absolute atomic E-state index is 10.2. The lowest BCUT2D eigenvalue weighted by atomic mass is 10.4. The Morgan fingerprint density at radius 2 is 2.25 bits per heavy atom. The predicted octanol–water partition coefficient (Wildman–Crippen LogP) is -1.83. The number of fused-ring (bicyclic) bond motifs is 1. The van der Waals surface area contributed by atoms with E-state index in [0.29, 0.717) is 11.1 Å². The van der Waals surface area contributed by atoms with E-state index in [1.165, 1.54) is 0 Å². The van der Waals surface area contributed by atoms with E-state index in [1.54, 1.807) is 18.2 Å². The second-order valence-electron chi connectivity index (χ2n) is 2.21. The summed E-state index contributed by atoms with van der Waals surface area (Å²) in [6.07, 6.45) is 3.22. The van der Waals surface area contributed by atoms with Crippen LogP contribution in [0.1, 0.15) is 5.69 Å². The monoisotopic (exact) mass is 160 g/mol. The zero-order valence-corrected chi connectivity index (χ0v) is 5.98. The molecule has 58 valence electrons. The SMILES string of the molecule is Nc1nc(=C=O)nc2c1=NC=C2. The number of hydrogen-bond donors (Lipinski definition) is 1. The van der Waals surface area contributed by atoms with Crippen LogP contribution in [0.2, 0.25) is 0 Å². The molecule has 2 heterocycles. The zero-order chi connectivity index (χ0) is 8.55. The van der Waals surface area contributed by atoms with Crippen LogP contribution in [-0.4, -0.2) is 15.9 Å². The molecule has 0 spiro atoms. The molecule has 0 atom stereocenters. The summed E-state index contributed by atoms with van der Waals surface area (Å²) in [5.74, 6) is 1.78. The van der Waals surface area contributed by atoms with Gasteiger partial charge in [-0.3, -0.25) is 4.99 Å². The topological polar surface area (TPSA) is 81.2 Å². The summed E-state index contributed by atoms with van der Waals surface area (Å²) in [4.78, 5) is 21.6. The molecule has 0 bridgehead atoms. The second kappa shape index (κ2) is 2.25. The van der Waals surface area contributed by atoms with E-state index in [-0.39, 0.29) is 11.3 Å². The van der Waals surface area contributed by atoms with Crippen LogP contribution in [0.25, 0.3) is 6.08 Å². The molecular formula is C7H4N4O. The Morgan fingerprint density at radius 3 is 3.00 bits per heavy atom. The quantitative estimate of drug-likeness (QED) is 0.483. The van der Waals surface area contributed by atoms with Crippen molar-refractivity contribution < 1.29 is 4.79 Å². The minimum atomic E-state index is -0.0343. The van der Waals surface area contributed by atoms with Gasteiger partial charge in [0.1, 0.15) is 5.36 Å². The molecule has 1 aromatic heterocycles. The van der Waals surface area contributed by atoms with Crippen LogP contribution in [-0.2, 0) is 4.79 Å². The summed E-state index contributed by atoms with van der Waals surface area (Å²) in [6.45, 7) is 0. The van der Waals surface area contributed by atoms with Gasteiger partial charge in [-0.05, 0) is 6.08 Å². The van der Waals surface area contributed by atoms with E-state index < -0.39 is 0 Å². The lowest BCUT2D eigenvalue weighted by molar-refractivity contribution is 0.565. The number of hydrogen-bond acceptors (Lipinski definition) is 5. The maximum atomic E-state index is 10.2. The minimum Gasteiger partial charge on any atom is -0.382 e. The van der Waals surface area contributed by atoms with Crippen LogP contribution in [0.15, 0.2) is 11.2 Å². The number of aromatic nitrogens is 2. The van der Waals surface area contributed by atoms with Crippen LogP contribution in [0, 0.1) is 0 Å². The predicted molar refractivity (Wildman–Crippen MR) is 41.1 cm³/mol. The van der Waals surface area contributed by atoms with Crippen molar-refractivity contribution in [2.45, 2.75) is 0 Å². The summed E-state index contributed by atoms with van der Waals surface area (Å²) in [7, 11) is 0. The highest BCUT2D eigenvalue weighted by Gasteiger charge is 2.04. The van der Waals surface area contributed by atoms with Gasteiger partial charge in [0.05, 0.1) is 5.69 Å². The molecule has 2 rings (SSSR count). The third-order valence-corrected chi connectivity index (χ3v) is 1.47. The fourth-order valence-electron chi connectivity index (χ4n) is 0.967. The fourth-order valence-corrected chi connectivity index (χ4v) is 0.967. The lowest BCUT2D eigenvalue weighted by Gasteiger charge is -1.91. The Labute approximate surface area is 67.0 Å². The summed E-state index contributed by atoms with van der Waals surface area (Å²) in [6, 6.07) is 0. The van der Waals surface area contributed by atoms with Crippen molar-refractivity contribution in [3.63, 3.8) is 0 Å². The van der Waals surface area contributed by atoms with E-state index in [2.05, 4.69) is 15.0 Å². The molecule has 0 amide bonds. The minimum absolute atomic E-state index is 0.0343. The second-order valence-corrected chi connectivity index (χ2v) is 2.21. The zero-order valence-electron chi connectivity index (χ0n) is 5.98. The van der Waals surface area contributed by atoms with Crippen LogP contribution < -0.4 is 16.6 Å². The molecule has 0 fully saturated rings. The first-order valence-corrected chi connectivity index (χ1v) is 3.24. The highest BCUT2D eigenvalue weighted by atomic mass is 16.1. The van der Waals surface area contributed by atoms with Gasteiger partial charge in [0, 0.05) is 6.20 Å². The number of rotatable bonds is 0. The smallest absolute Gasteiger partial charge is 0.241 e. The molecule has 5 heteroatoms. The average molecular weight is 160 g/mol. The molecule has 0 aromatic carbocycles. The van der Waals surface area contributed by atoms with Crippen LogP contribution in [0.3, 0.4) is 0 Å². The van der Waals surface area contributed by atoms with Crippen molar-refractivity contribution in [3.8, 4) is 0 Å². The van der Waals surface area contributed by atoms with Crippen molar-refractivity contribution >= 4 is 17.8 Å². The Bertz CT molecular complexity index is 499. The lowest BCUT2D eigenvalue weighted by Crippen LogP contribution is -2.25. The summed E-state index contributed by atoms with van der Waals surface area (Å²) in [5, 5.41) is 0.522. The molecular weight excluding hydrogens is 156 g/mol. The van der Waals surface area contributed by atoms with Gasteiger partial charge < -0.3 is 5.73 Å². The molecule has 0 unspecified atom stereocenters. The van der Waals surface area contributed by atoms with Gasteiger partial charge in [0.2, 0.25) is 5.48 Å². The van der Waals surface area contributed by atoms with E-state index >= 15 is 0 Å². The Kier molecular flexibility index (Phi) is 1.26. The molecule has 1 aromatic rings. The fraction of sp³-hybridized carbons (Fsp3) is 0. The molecule has 0 aliphatic carbocycles. The maximum Gasteiger partial charge on any atom is 0.241 e. The molecule has 0 saturated carbocycles. The first-order valence-electron chi connectivity index (χ1n) is 3.24. The highest BCUT2D eigenvalue weighted by molar-refractivity contribution is 5.53. The van der Waals surface area contributed by atoms with E-state index in [9.17, 15) is 4.79 Å². The number of nitrogen functional groups attached to an aromatic ring is 1. The van der Waals surface area contributed by atoms with E-state index in [0.717, 1.165) is 0 Å². The third-order valence-electron chi connectivity index (χ3n) is 1.47. The Balaban J connectivity index is 2.96. The van der Waals surface area contributed by atoms with Gasteiger partial charge >= 0.3 is 0 Å². The molecule has 1 aliphatic rings. The first kappa shape index (κ1) is 6.69. The van der Waals surface area contributed by atoms with Crippen molar-refractivity contribution in [3.05, 3.63) is 22.7 Å². The Morgan fingerprint density at radius 1 is 1.42 bits per heavy atom. The van der Waals surface area contributed by atoms with E-state index in [4.69, 9.17) is 5.73 Å². The summed E-state index contributed by atoms with van der Waals surface area (Å²) < 4.78 is 0. The van der Waals surface area contributed by atoms with Crippen molar-refractivity contribution in [1.82, 2.24) is 9.97 Å². The largest absolute Gasteiger partial charge is 0.382 e. The number of nitrogens with zero attached hydrogens (tertiary/aromatic N) is 3. The standard InChI is InChI=1S/C7H4N4O/c8-7-6-4(1-2-9-6)10-5(3-12)11-7/h1-2H,(H2,8,11). The van der Waals surface area contributed by atoms with Gasteiger partial charge in [-0.2, -0.15) is 4.98 Å². The van der Waals surface area contributed by atoms with Crippen LogP contribution in [0.4, 0.5) is 5.82 Å². The van der Waals surface area contributed by atoms with Gasteiger partial charge in [-0.1, -0.05) is 0 Å². The van der Waals surface area contributed by atoms with Gasteiger partial charge in [0.15, 0.2) is 11.8 Å². The van der Waals surface area contributed by atoms with E-state index in [1.807, 2.05) is 0 Å². The Hall–Kier alpha value is -2.00. The van der Waals surface area contributed by atoms with Crippen molar-refractivity contribution in [2.75, 3.05) is 5.73 Å². The number of carbonyl (C=O) groups excluding carboxylic acids is 1. The molecule has 12 heavy (non-hydrogen) atoms. The van der Waals surface area contributed by atoms with Crippen LogP contribution >= 0.6 is 0 Å². The molecule has 2 N–H and O–H groups in total. The van der Waals surface area contributed by atoms with Crippen molar-refractivity contribution in [2.24, 2.45) is 4.99 Å². The average Bonchev–Trinajstić information content (AvgIpc) is 2.52. The van der Waals surface area contributed by atoms with Gasteiger partial charge in [0.25, 0.3) is 0 Å². The molecule has 0 saturated heterocycles. The normalized spacial score (nSPS) is 12.0. The number of nitrogens with two attached hydrogens (primary N) is 1. The summed E-state index contributed by atoms with van der Waals surface area (Å²) in [5.41, 5.74) is 6.02. The molecule has 5 nitrogen and oxygen atoms in total.